The summed E-state index contributed by atoms with van der Waals surface area (Å²) in [5, 5.41) is 8.28. The van der Waals surface area contributed by atoms with Gasteiger partial charge >= 0.3 is 5.97 Å². The maximum atomic E-state index is 10.5. The van der Waals surface area contributed by atoms with Gasteiger partial charge in [-0.15, -0.1) is 0 Å². The van der Waals surface area contributed by atoms with E-state index in [2.05, 4.69) is 4.74 Å². The molecule has 0 amide bonds. The van der Waals surface area contributed by atoms with Gasteiger partial charge in [-0.25, -0.2) is 0 Å². The molecule has 4 nitrogen and oxygen atoms in total. The lowest BCUT2D eigenvalue weighted by molar-refractivity contribution is -0.146. The van der Waals surface area contributed by atoms with Crippen molar-refractivity contribution in [3.05, 3.63) is 0 Å². The van der Waals surface area contributed by atoms with Gasteiger partial charge in [-0.05, 0) is 6.42 Å². The largest absolute Gasteiger partial charge is 0.468 e. The number of esters is 1. The third-order valence-corrected chi connectivity index (χ3v) is 1.05. The highest BCUT2D eigenvalue weighted by Crippen LogP contribution is 1.90. The molecule has 54 valence electrons. The fourth-order valence-electron chi connectivity index (χ4n) is 0.453. The van der Waals surface area contributed by atoms with E-state index in [1.54, 1.807) is 6.92 Å². The van der Waals surface area contributed by atoms with Crippen LogP contribution in [-0.2, 0) is 9.53 Å². The van der Waals surface area contributed by atoms with Crippen LogP contribution < -0.4 is 5.48 Å². The summed E-state index contributed by atoms with van der Waals surface area (Å²) in [7, 11) is 1.28. The Morgan fingerprint density at radius 3 is 2.56 bits per heavy atom. The lowest BCUT2D eigenvalue weighted by Crippen LogP contribution is -2.34. The average Bonchev–Trinajstić information content (AvgIpc) is 1.90. The van der Waals surface area contributed by atoms with Gasteiger partial charge in [-0.2, -0.15) is 5.48 Å². The zero-order valence-corrected chi connectivity index (χ0v) is 5.55. The molecule has 1 atom stereocenters. The van der Waals surface area contributed by atoms with Crippen LogP contribution in [0.2, 0.25) is 0 Å². The Balaban J connectivity index is 3.64. The number of ether oxygens (including phenoxy) is 1. The van der Waals surface area contributed by atoms with Crippen LogP contribution in [0.5, 0.6) is 0 Å². The predicted molar refractivity (Wildman–Crippen MR) is 31.0 cm³/mol. The molecule has 0 aromatic carbocycles. The van der Waals surface area contributed by atoms with Crippen LogP contribution in [0.3, 0.4) is 0 Å². The maximum Gasteiger partial charge on any atom is 0.325 e. The minimum atomic E-state index is -0.588. The zero-order chi connectivity index (χ0) is 7.28. The molecular weight excluding hydrogens is 122 g/mol. The SMILES string of the molecule is CCC(NO)C(=O)OC. The van der Waals surface area contributed by atoms with Crippen molar-refractivity contribution in [2.45, 2.75) is 19.4 Å². The Morgan fingerprint density at radius 2 is 2.44 bits per heavy atom. The van der Waals surface area contributed by atoms with Crippen LogP contribution >= 0.6 is 0 Å². The maximum absolute atomic E-state index is 10.5. The molecule has 0 rings (SSSR count). The van der Waals surface area contributed by atoms with Crippen molar-refractivity contribution in [3.8, 4) is 0 Å². The number of carbonyl (C=O) groups excluding carboxylic acids is 1. The summed E-state index contributed by atoms with van der Waals surface area (Å²) in [5.41, 5.74) is 1.83. The van der Waals surface area contributed by atoms with Gasteiger partial charge < -0.3 is 9.94 Å². The van der Waals surface area contributed by atoms with Crippen molar-refractivity contribution in [2.24, 2.45) is 0 Å². The van der Waals surface area contributed by atoms with E-state index in [1.165, 1.54) is 7.11 Å². The first-order valence-electron chi connectivity index (χ1n) is 2.73. The number of nitrogens with one attached hydrogen (secondary N) is 1. The molecule has 0 bridgehead atoms. The van der Waals surface area contributed by atoms with Gasteiger partial charge in [0.25, 0.3) is 0 Å². The molecule has 0 saturated carbocycles. The van der Waals surface area contributed by atoms with Crippen LogP contribution in [0.25, 0.3) is 0 Å². The Kier molecular flexibility index (Phi) is 4.00. The summed E-state index contributed by atoms with van der Waals surface area (Å²) in [6.07, 6.45) is 0.517. The Bertz CT molecular complexity index is 90.2. The number of hydrogen-bond donors (Lipinski definition) is 2. The third-order valence-electron chi connectivity index (χ3n) is 1.05. The molecule has 0 aromatic rings. The predicted octanol–water partition coefficient (Wildman–Crippen LogP) is -0.0832. The van der Waals surface area contributed by atoms with E-state index in [9.17, 15) is 4.79 Å². The van der Waals surface area contributed by atoms with Gasteiger partial charge in [0.15, 0.2) is 0 Å². The van der Waals surface area contributed by atoms with Crippen LogP contribution in [0.15, 0.2) is 0 Å². The molecule has 0 radical (unpaired) electrons. The summed E-state index contributed by atoms with van der Waals surface area (Å²) in [6, 6.07) is -0.588. The van der Waals surface area contributed by atoms with Gasteiger partial charge in [-0.3, -0.25) is 4.79 Å². The quantitative estimate of drug-likeness (QED) is 0.417. The summed E-state index contributed by atoms with van der Waals surface area (Å²) in [4.78, 5) is 10.5. The first kappa shape index (κ1) is 8.39. The third kappa shape index (κ3) is 2.43. The van der Waals surface area contributed by atoms with E-state index in [1.807, 2.05) is 5.48 Å². The highest BCUT2D eigenvalue weighted by Gasteiger charge is 2.13. The van der Waals surface area contributed by atoms with E-state index in [-0.39, 0.29) is 0 Å². The molecule has 4 heteroatoms. The molecule has 0 saturated heterocycles. The minimum Gasteiger partial charge on any atom is -0.468 e. The first-order chi connectivity index (χ1) is 4.26. The highest BCUT2D eigenvalue weighted by atomic mass is 16.5. The average molecular weight is 133 g/mol. The second-order valence-corrected chi connectivity index (χ2v) is 1.61. The molecule has 0 aromatic heterocycles. The Hall–Kier alpha value is -0.610. The Labute approximate surface area is 53.8 Å². The van der Waals surface area contributed by atoms with Gasteiger partial charge in [-0.1, -0.05) is 6.92 Å². The van der Waals surface area contributed by atoms with Crippen LogP contribution in [0.4, 0.5) is 0 Å². The fraction of sp³-hybridized carbons (Fsp3) is 0.800. The molecule has 1 unspecified atom stereocenters. The van der Waals surface area contributed by atoms with Gasteiger partial charge in [0, 0.05) is 0 Å². The number of methoxy groups -OCH3 is 1. The molecule has 0 spiro atoms. The van der Waals surface area contributed by atoms with E-state index >= 15 is 0 Å². The van der Waals surface area contributed by atoms with Crippen LogP contribution in [0, 0.1) is 0 Å². The number of hydrogen-bond acceptors (Lipinski definition) is 4. The van der Waals surface area contributed by atoms with Crippen LogP contribution in [-0.4, -0.2) is 24.3 Å². The number of rotatable bonds is 3. The van der Waals surface area contributed by atoms with E-state index in [4.69, 9.17) is 5.21 Å². The van der Waals surface area contributed by atoms with Crippen molar-refractivity contribution in [3.63, 3.8) is 0 Å². The molecule has 0 fully saturated rings. The summed E-state index contributed by atoms with van der Waals surface area (Å²) in [5.74, 6) is -0.444. The van der Waals surface area contributed by atoms with Gasteiger partial charge in [0.05, 0.1) is 7.11 Å². The molecule has 0 heterocycles. The molecule has 9 heavy (non-hydrogen) atoms. The van der Waals surface area contributed by atoms with E-state index in [0.29, 0.717) is 6.42 Å². The minimum absolute atomic E-state index is 0.444. The standard InChI is InChI=1S/C5H11NO3/c1-3-4(6-8)5(7)9-2/h4,6,8H,3H2,1-2H3. The smallest absolute Gasteiger partial charge is 0.325 e. The molecule has 2 N–H and O–H groups in total. The topological polar surface area (TPSA) is 58.6 Å². The zero-order valence-electron chi connectivity index (χ0n) is 5.55. The van der Waals surface area contributed by atoms with Crippen molar-refractivity contribution in [1.29, 1.82) is 0 Å². The molecule has 0 aliphatic heterocycles. The van der Waals surface area contributed by atoms with Crippen molar-refractivity contribution < 1.29 is 14.7 Å². The van der Waals surface area contributed by atoms with Crippen molar-refractivity contribution >= 4 is 5.97 Å². The highest BCUT2D eigenvalue weighted by molar-refractivity contribution is 5.75. The molecule has 0 aliphatic rings. The van der Waals surface area contributed by atoms with Gasteiger partial charge in [0.1, 0.15) is 6.04 Å². The number of carbonyl (C=O) groups is 1. The van der Waals surface area contributed by atoms with E-state index < -0.39 is 12.0 Å². The first-order valence-corrected chi connectivity index (χ1v) is 2.73. The normalized spacial score (nSPS) is 12.8. The Morgan fingerprint density at radius 1 is 1.89 bits per heavy atom. The van der Waals surface area contributed by atoms with Gasteiger partial charge in [0.2, 0.25) is 0 Å². The second kappa shape index (κ2) is 4.29. The monoisotopic (exact) mass is 133 g/mol. The lowest BCUT2D eigenvalue weighted by Gasteiger charge is -2.07. The van der Waals surface area contributed by atoms with Crippen molar-refractivity contribution in [1.82, 2.24) is 5.48 Å². The number of hydroxylamine groups is 1. The summed E-state index contributed by atoms with van der Waals surface area (Å²) < 4.78 is 4.33. The molecular formula is C5H11NO3. The summed E-state index contributed by atoms with van der Waals surface area (Å²) in [6.45, 7) is 1.77. The fourth-order valence-corrected chi connectivity index (χ4v) is 0.453. The second-order valence-electron chi connectivity index (χ2n) is 1.61. The van der Waals surface area contributed by atoms with Crippen LogP contribution in [0.1, 0.15) is 13.3 Å². The van der Waals surface area contributed by atoms with Crippen molar-refractivity contribution in [2.75, 3.05) is 7.11 Å². The molecule has 0 aliphatic carbocycles. The summed E-state index contributed by atoms with van der Waals surface area (Å²) >= 11 is 0. The lowest BCUT2D eigenvalue weighted by atomic mass is 10.2. The van der Waals surface area contributed by atoms with E-state index in [0.717, 1.165) is 0 Å².